The van der Waals surface area contributed by atoms with Crippen LogP contribution in [0.1, 0.15) is 11.1 Å². The van der Waals surface area contributed by atoms with E-state index in [1.807, 2.05) is 36.4 Å². The molecule has 0 bridgehead atoms. The van der Waals surface area contributed by atoms with Crippen LogP contribution in [0.2, 0.25) is 10.0 Å². The second kappa shape index (κ2) is 7.91. The van der Waals surface area contributed by atoms with Crippen molar-refractivity contribution in [3.8, 4) is 0 Å². The molecule has 1 heterocycles. The standard InChI is InChI=1S/C19H13Cl2NO2S/c20-15-9-5-10-16(21)14(15)12-22-18(23)17(25-19(22)24)11-4-8-13-6-2-1-3-7-13/h1-11H,12H2/b8-4-,17-11+. The highest BCUT2D eigenvalue weighted by molar-refractivity contribution is 8.18. The molecule has 2 aromatic rings. The molecule has 0 spiro atoms. The monoisotopic (exact) mass is 389 g/mol. The molecule has 126 valence electrons. The van der Waals surface area contributed by atoms with Crippen LogP contribution in [0.3, 0.4) is 0 Å². The van der Waals surface area contributed by atoms with Crippen molar-refractivity contribution in [1.82, 2.24) is 4.90 Å². The van der Waals surface area contributed by atoms with Crippen molar-refractivity contribution in [1.29, 1.82) is 0 Å². The Bertz CT molecular complexity index is 858. The molecule has 0 N–H and O–H groups in total. The second-order valence-corrected chi connectivity index (χ2v) is 7.07. The third-order valence-electron chi connectivity index (χ3n) is 3.59. The summed E-state index contributed by atoms with van der Waals surface area (Å²) in [7, 11) is 0. The van der Waals surface area contributed by atoms with Crippen molar-refractivity contribution in [3.05, 3.63) is 86.8 Å². The van der Waals surface area contributed by atoms with E-state index in [-0.39, 0.29) is 17.7 Å². The molecule has 3 rings (SSSR count). The molecular formula is C19H13Cl2NO2S. The summed E-state index contributed by atoms with van der Waals surface area (Å²) in [5.74, 6) is -0.344. The van der Waals surface area contributed by atoms with E-state index in [4.69, 9.17) is 23.2 Å². The van der Waals surface area contributed by atoms with Gasteiger partial charge in [0.05, 0.1) is 11.4 Å². The van der Waals surface area contributed by atoms with Crippen LogP contribution in [0.15, 0.2) is 65.6 Å². The number of allylic oxidation sites excluding steroid dienone is 2. The third-order valence-corrected chi connectivity index (χ3v) is 5.22. The zero-order chi connectivity index (χ0) is 17.8. The van der Waals surface area contributed by atoms with Crippen molar-refractivity contribution in [2.75, 3.05) is 0 Å². The van der Waals surface area contributed by atoms with Crippen LogP contribution in [0.4, 0.5) is 4.79 Å². The Morgan fingerprint density at radius 1 is 0.960 bits per heavy atom. The highest BCUT2D eigenvalue weighted by Crippen LogP contribution is 2.34. The Balaban J connectivity index is 1.76. The van der Waals surface area contributed by atoms with E-state index < -0.39 is 0 Å². The number of benzene rings is 2. The van der Waals surface area contributed by atoms with Crippen molar-refractivity contribution < 1.29 is 9.59 Å². The Hall–Kier alpha value is -2.01. The molecule has 2 amide bonds. The number of hydrogen-bond acceptors (Lipinski definition) is 3. The molecule has 1 aliphatic heterocycles. The van der Waals surface area contributed by atoms with Crippen molar-refractivity contribution in [2.24, 2.45) is 0 Å². The maximum absolute atomic E-state index is 12.5. The largest absolute Gasteiger partial charge is 0.293 e. The minimum atomic E-state index is -0.344. The van der Waals surface area contributed by atoms with Crippen LogP contribution in [0, 0.1) is 0 Å². The van der Waals surface area contributed by atoms with E-state index in [1.165, 1.54) is 0 Å². The molecule has 3 nitrogen and oxygen atoms in total. The lowest BCUT2D eigenvalue weighted by Crippen LogP contribution is -2.27. The van der Waals surface area contributed by atoms with E-state index in [9.17, 15) is 9.59 Å². The summed E-state index contributed by atoms with van der Waals surface area (Å²) in [6.07, 6.45) is 5.28. The van der Waals surface area contributed by atoms with Gasteiger partial charge in [-0.3, -0.25) is 14.5 Å². The first-order valence-corrected chi connectivity index (χ1v) is 9.03. The van der Waals surface area contributed by atoms with E-state index in [2.05, 4.69) is 0 Å². The lowest BCUT2D eigenvalue weighted by Gasteiger charge is -2.14. The van der Waals surface area contributed by atoms with Crippen LogP contribution in [0.5, 0.6) is 0 Å². The van der Waals surface area contributed by atoms with Gasteiger partial charge in [0.1, 0.15) is 0 Å². The number of rotatable bonds is 4. The quantitative estimate of drug-likeness (QED) is 0.621. The number of nitrogens with zero attached hydrogens (tertiary/aromatic N) is 1. The second-order valence-electron chi connectivity index (χ2n) is 5.26. The molecule has 1 saturated heterocycles. The van der Waals surface area contributed by atoms with Gasteiger partial charge in [-0.25, -0.2) is 0 Å². The summed E-state index contributed by atoms with van der Waals surface area (Å²) in [5, 5.41) is 0.527. The van der Waals surface area contributed by atoms with E-state index >= 15 is 0 Å². The number of thioether (sulfide) groups is 1. The van der Waals surface area contributed by atoms with Gasteiger partial charge in [-0.05, 0) is 35.5 Å². The molecule has 0 aromatic heterocycles. The zero-order valence-corrected chi connectivity index (χ0v) is 15.3. The fourth-order valence-electron chi connectivity index (χ4n) is 2.30. The summed E-state index contributed by atoms with van der Waals surface area (Å²) in [5.41, 5.74) is 1.58. The van der Waals surface area contributed by atoms with E-state index in [1.54, 1.807) is 30.4 Å². The van der Waals surface area contributed by atoms with Gasteiger partial charge in [0, 0.05) is 15.6 Å². The Morgan fingerprint density at radius 3 is 2.32 bits per heavy atom. The van der Waals surface area contributed by atoms with E-state index in [0.29, 0.717) is 20.5 Å². The van der Waals surface area contributed by atoms with Crippen LogP contribution in [-0.2, 0) is 11.3 Å². The molecule has 0 radical (unpaired) electrons. The maximum Gasteiger partial charge on any atom is 0.293 e. The SMILES string of the molecule is O=C1S/C(=C/C=C\c2ccccc2)C(=O)N1Cc1c(Cl)cccc1Cl. The summed E-state index contributed by atoms with van der Waals surface area (Å²) in [4.78, 5) is 26.2. The topological polar surface area (TPSA) is 37.4 Å². The molecule has 1 aliphatic rings. The van der Waals surface area contributed by atoms with Crippen LogP contribution in [0.25, 0.3) is 6.08 Å². The molecule has 0 unspecified atom stereocenters. The Morgan fingerprint density at radius 2 is 1.64 bits per heavy atom. The van der Waals surface area contributed by atoms with Gasteiger partial charge in [0.2, 0.25) is 0 Å². The van der Waals surface area contributed by atoms with Gasteiger partial charge in [-0.1, -0.05) is 71.8 Å². The number of carbonyl (C=O) groups is 2. The predicted octanol–water partition coefficient (Wildman–Crippen LogP) is 5.79. The minimum absolute atomic E-state index is 0.0584. The van der Waals surface area contributed by atoms with Crippen LogP contribution < -0.4 is 0 Å². The van der Waals surface area contributed by atoms with E-state index in [0.717, 1.165) is 22.2 Å². The summed E-state index contributed by atoms with van der Waals surface area (Å²) in [6.45, 7) is 0.0584. The van der Waals surface area contributed by atoms with Crippen molar-refractivity contribution in [3.63, 3.8) is 0 Å². The summed E-state index contributed by atoms with van der Waals surface area (Å²) >= 11 is 13.2. The Labute approximate surface area is 159 Å². The zero-order valence-electron chi connectivity index (χ0n) is 13.0. The first-order chi connectivity index (χ1) is 12.1. The molecular weight excluding hydrogens is 377 g/mol. The van der Waals surface area contributed by atoms with Crippen molar-refractivity contribution in [2.45, 2.75) is 6.54 Å². The van der Waals surface area contributed by atoms with Gasteiger partial charge in [-0.2, -0.15) is 0 Å². The molecule has 0 atom stereocenters. The maximum atomic E-state index is 12.5. The number of halogens is 2. The number of hydrogen-bond donors (Lipinski definition) is 0. The first kappa shape index (κ1) is 17.8. The lowest BCUT2D eigenvalue weighted by molar-refractivity contribution is -0.123. The van der Waals surface area contributed by atoms with Gasteiger partial charge in [0.15, 0.2) is 0 Å². The number of carbonyl (C=O) groups excluding carboxylic acids is 2. The fourth-order valence-corrected chi connectivity index (χ4v) is 3.61. The highest BCUT2D eigenvalue weighted by atomic mass is 35.5. The molecule has 1 fully saturated rings. The fraction of sp³-hybridized carbons (Fsp3) is 0.0526. The molecule has 6 heteroatoms. The third kappa shape index (κ3) is 4.15. The number of amides is 2. The first-order valence-electron chi connectivity index (χ1n) is 7.46. The molecule has 0 saturated carbocycles. The highest BCUT2D eigenvalue weighted by Gasteiger charge is 2.35. The molecule has 25 heavy (non-hydrogen) atoms. The van der Waals surface area contributed by atoms with Crippen LogP contribution >= 0.6 is 35.0 Å². The predicted molar refractivity (Wildman–Crippen MR) is 104 cm³/mol. The normalized spacial score (nSPS) is 16.4. The minimum Gasteiger partial charge on any atom is -0.268 e. The summed E-state index contributed by atoms with van der Waals surface area (Å²) < 4.78 is 0. The average molecular weight is 390 g/mol. The Kier molecular flexibility index (Phi) is 5.63. The van der Waals surface area contributed by atoms with Gasteiger partial charge in [0.25, 0.3) is 11.1 Å². The lowest BCUT2D eigenvalue weighted by atomic mass is 10.2. The average Bonchev–Trinajstić information content (AvgIpc) is 2.86. The van der Waals surface area contributed by atoms with Crippen molar-refractivity contribution >= 4 is 52.2 Å². The van der Waals surface area contributed by atoms with Gasteiger partial charge < -0.3 is 0 Å². The smallest absolute Gasteiger partial charge is 0.268 e. The van der Waals surface area contributed by atoms with Crippen LogP contribution in [-0.4, -0.2) is 16.0 Å². The van der Waals surface area contributed by atoms with Gasteiger partial charge in [-0.15, -0.1) is 0 Å². The molecule has 2 aromatic carbocycles. The number of imide groups is 1. The molecule has 0 aliphatic carbocycles. The van der Waals surface area contributed by atoms with Gasteiger partial charge >= 0.3 is 0 Å². The summed E-state index contributed by atoms with van der Waals surface area (Å²) in [6, 6.07) is 14.8.